The van der Waals surface area contributed by atoms with Gasteiger partial charge in [0.15, 0.2) is 5.13 Å². The van der Waals surface area contributed by atoms with Crippen molar-refractivity contribution in [3.05, 3.63) is 10.6 Å². The van der Waals surface area contributed by atoms with E-state index in [1.165, 1.54) is 0 Å². The van der Waals surface area contributed by atoms with Crippen molar-refractivity contribution in [3.8, 4) is 0 Å². The number of rotatable bonds is 7. The summed E-state index contributed by atoms with van der Waals surface area (Å²) in [6.45, 7) is 7.14. The number of ether oxygens (including phenoxy) is 1. The standard InChI is InChI=1S/C13H24N2O2S/c1-9(2)6-10(3)15(4)13-14-11(8-17-5)12(7-16)18-13/h9-10,16H,6-8H2,1-5H3. The molecule has 18 heavy (non-hydrogen) atoms. The highest BCUT2D eigenvalue weighted by Gasteiger charge is 2.17. The van der Waals surface area contributed by atoms with E-state index in [-0.39, 0.29) is 6.61 Å². The first-order valence-corrected chi connectivity index (χ1v) is 7.12. The van der Waals surface area contributed by atoms with E-state index in [0.717, 1.165) is 22.1 Å². The van der Waals surface area contributed by atoms with Gasteiger partial charge >= 0.3 is 0 Å². The molecule has 0 aliphatic rings. The summed E-state index contributed by atoms with van der Waals surface area (Å²) in [5.41, 5.74) is 0.851. The van der Waals surface area contributed by atoms with Crippen LogP contribution in [-0.4, -0.2) is 30.3 Å². The van der Waals surface area contributed by atoms with Crippen LogP contribution in [0.1, 0.15) is 37.8 Å². The number of hydrogen-bond donors (Lipinski definition) is 1. The van der Waals surface area contributed by atoms with E-state index < -0.39 is 0 Å². The summed E-state index contributed by atoms with van der Waals surface area (Å²) in [7, 11) is 3.70. The molecule has 1 aromatic rings. The zero-order chi connectivity index (χ0) is 13.7. The highest BCUT2D eigenvalue weighted by Crippen LogP contribution is 2.28. The van der Waals surface area contributed by atoms with Gasteiger partial charge in [-0.05, 0) is 19.3 Å². The molecule has 4 nitrogen and oxygen atoms in total. The molecular formula is C13H24N2O2S. The highest BCUT2D eigenvalue weighted by molar-refractivity contribution is 7.15. The maximum absolute atomic E-state index is 9.32. The molecular weight excluding hydrogens is 248 g/mol. The van der Waals surface area contributed by atoms with Crippen LogP contribution in [0.2, 0.25) is 0 Å². The van der Waals surface area contributed by atoms with Gasteiger partial charge in [-0.2, -0.15) is 0 Å². The average molecular weight is 272 g/mol. The van der Waals surface area contributed by atoms with Gasteiger partial charge in [0, 0.05) is 20.2 Å². The second-order valence-electron chi connectivity index (χ2n) is 5.05. The lowest BCUT2D eigenvalue weighted by Crippen LogP contribution is -2.29. The van der Waals surface area contributed by atoms with Gasteiger partial charge in [-0.3, -0.25) is 0 Å². The molecule has 1 unspecified atom stereocenters. The van der Waals surface area contributed by atoms with Gasteiger partial charge in [-0.25, -0.2) is 4.98 Å². The van der Waals surface area contributed by atoms with E-state index in [1.54, 1.807) is 18.4 Å². The summed E-state index contributed by atoms with van der Waals surface area (Å²) in [6, 6.07) is 0.443. The van der Waals surface area contributed by atoms with Crippen LogP contribution in [0.15, 0.2) is 0 Å². The number of aliphatic hydroxyl groups excluding tert-OH is 1. The van der Waals surface area contributed by atoms with Crippen molar-refractivity contribution >= 4 is 16.5 Å². The molecule has 0 aliphatic carbocycles. The number of aliphatic hydroxyl groups is 1. The Labute approximate surface area is 114 Å². The van der Waals surface area contributed by atoms with Crippen molar-refractivity contribution < 1.29 is 9.84 Å². The summed E-state index contributed by atoms with van der Waals surface area (Å²) >= 11 is 1.55. The van der Waals surface area contributed by atoms with E-state index in [1.807, 2.05) is 0 Å². The Morgan fingerprint density at radius 2 is 2.06 bits per heavy atom. The number of hydrogen-bond acceptors (Lipinski definition) is 5. The number of nitrogens with zero attached hydrogens (tertiary/aromatic N) is 2. The first-order chi connectivity index (χ1) is 8.49. The number of anilines is 1. The zero-order valence-electron chi connectivity index (χ0n) is 11.9. The fourth-order valence-corrected chi connectivity index (χ4v) is 2.91. The van der Waals surface area contributed by atoms with Gasteiger partial charge in [0.05, 0.1) is 23.8 Å². The largest absolute Gasteiger partial charge is 0.391 e. The molecule has 1 heterocycles. The molecule has 0 amide bonds. The zero-order valence-corrected chi connectivity index (χ0v) is 12.8. The minimum absolute atomic E-state index is 0.0305. The molecule has 1 aromatic heterocycles. The minimum atomic E-state index is 0.0305. The Balaban J connectivity index is 2.82. The Hall–Kier alpha value is -0.650. The maximum Gasteiger partial charge on any atom is 0.185 e. The van der Waals surface area contributed by atoms with Gasteiger partial charge in [-0.15, -0.1) is 0 Å². The molecule has 0 bridgehead atoms. The van der Waals surface area contributed by atoms with Crippen LogP contribution < -0.4 is 4.90 Å². The third kappa shape index (κ3) is 3.93. The smallest absolute Gasteiger partial charge is 0.185 e. The van der Waals surface area contributed by atoms with E-state index >= 15 is 0 Å². The van der Waals surface area contributed by atoms with Crippen molar-refractivity contribution in [1.29, 1.82) is 0 Å². The third-order valence-electron chi connectivity index (χ3n) is 2.97. The first kappa shape index (κ1) is 15.4. The third-order valence-corrected chi connectivity index (χ3v) is 4.14. The van der Waals surface area contributed by atoms with Gasteiger partial charge in [0.2, 0.25) is 0 Å². The van der Waals surface area contributed by atoms with Gasteiger partial charge in [0.25, 0.3) is 0 Å². The van der Waals surface area contributed by atoms with Crippen LogP contribution >= 0.6 is 11.3 Å². The minimum Gasteiger partial charge on any atom is -0.391 e. The van der Waals surface area contributed by atoms with E-state index in [9.17, 15) is 5.11 Å². The number of methoxy groups -OCH3 is 1. The molecule has 0 saturated heterocycles. The molecule has 0 aromatic carbocycles. The Kier molecular flexibility index (Phi) is 6.05. The van der Waals surface area contributed by atoms with Crippen molar-refractivity contribution in [2.45, 2.75) is 46.4 Å². The molecule has 0 radical (unpaired) electrons. The van der Waals surface area contributed by atoms with Crippen LogP contribution in [0.4, 0.5) is 5.13 Å². The number of aromatic nitrogens is 1. The molecule has 0 fully saturated rings. The molecule has 1 atom stereocenters. The Morgan fingerprint density at radius 1 is 1.39 bits per heavy atom. The molecule has 1 rings (SSSR count). The van der Waals surface area contributed by atoms with Gasteiger partial charge in [-0.1, -0.05) is 25.2 Å². The quantitative estimate of drug-likeness (QED) is 0.829. The summed E-state index contributed by atoms with van der Waals surface area (Å²) in [5.74, 6) is 0.665. The maximum atomic E-state index is 9.32. The SMILES string of the molecule is COCc1nc(N(C)C(C)CC(C)C)sc1CO. The molecule has 0 saturated carbocycles. The van der Waals surface area contributed by atoms with Crippen LogP contribution in [0.3, 0.4) is 0 Å². The lowest BCUT2D eigenvalue weighted by Gasteiger charge is -2.25. The summed E-state index contributed by atoms with van der Waals surface area (Å²) < 4.78 is 5.10. The van der Waals surface area contributed by atoms with Crippen LogP contribution in [0, 0.1) is 5.92 Å². The van der Waals surface area contributed by atoms with Gasteiger partial charge in [0.1, 0.15) is 0 Å². The highest BCUT2D eigenvalue weighted by atomic mass is 32.1. The van der Waals surface area contributed by atoms with Crippen LogP contribution in [0.5, 0.6) is 0 Å². The predicted octanol–water partition coefficient (Wildman–Crippen LogP) is 2.65. The lowest BCUT2D eigenvalue weighted by molar-refractivity contribution is 0.179. The lowest BCUT2D eigenvalue weighted by atomic mass is 10.0. The van der Waals surface area contributed by atoms with Crippen LogP contribution in [0.25, 0.3) is 0 Å². The summed E-state index contributed by atoms with van der Waals surface area (Å²) in [4.78, 5) is 7.64. The average Bonchev–Trinajstić information content (AvgIpc) is 2.70. The van der Waals surface area contributed by atoms with Crippen molar-refractivity contribution in [3.63, 3.8) is 0 Å². The van der Waals surface area contributed by atoms with Crippen LogP contribution in [-0.2, 0) is 18.0 Å². The van der Waals surface area contributed by atoms with Gasteiger partial charge < -0.3 is 14.7 Å². The number of thiazole rings is 1. The molecule has 0 aliphatic heterocycles. The Bertz CT molecular complexity index is 366. The second kappa shape index (κ2) is 7.07. The van der Waals surface area contributed by atoms with E-state index in [0.29, 0.717) is 18.6 Å². The van der Waals surface area contributed by atoms with Crippen molar-refractivity contribution in [1.82, 2.24) is 4.98 Å². The predicted molar refractivity (Wildman–Crippen MR) is 76.1 cm³/mol. The Morgan fingerprint density at radius 3 is 2.56 bits per heavy atom. The summed E-state index contributed by atoms with van der Waals surface area (Å²) in [5, 5.41) is 10.3. The fourth-order valence-electron chi connectivity index (χ4n) is 1.92. The topological polar surface area (TPSA) is 45.6 Å². The molecule has 104 valence electrons. The summed E-state index contributed by atoms with van der Waals surface area (Å²) in [6.07, 6.45) is 1.13. The fraction of sp³-hybridized carbons (Fsp3) is 0.769. The molecule has 0 spiro atoms. The molecule has 5 heteroatoms. The monoisotopic (exact) mass is 272 g/mol. The van der Waals surface area contributed by atoms with Crippen molar-refractivity contribution in [2.75, 3.05) is 19.1 Å². The van der Waals surface area contributed by atoms with E-state index in [2.05, 4.69) is 37.7 Å². The normalized spacial score (nSPS) is 13.1. The first-order valence-electron chi connectivity index (χ1n) is 6.30. The second-order valence-corrected chi connectivity index (χ2v) is 6.11. The van der Waals surface area contributed by atoms with E-state index in [4.69, 9.17) is 4.74 Å². The molecule has 1 N–H and O–H groups in total. The van der Waals surface area contributed by atoms with Crippen molar-refractivity contribution in [2.24, 2.45) is 5.92 Å².